The molecule has 6 heavy (non-hydrogen) atoms. The quantitative estimate of drug-likeness (QED) is 0.449. The Morgan fingerprint density at radius 1 is 0.833 bits per heavy atom. The maximum absolute atomic E-state index is 9.88. The first-order valence-electron chi connectivity index (χ1n) is 0.535. The van der Waals surface area contributed by atoms with Crippen LogP contribution in [0.2, 0.25) is 0 Å². The minimum absolute atomic E-state index is 0. The molecule has 0 saturated carbocycles. The monoisotopic (exact) mass is 258 g/mol. The Labute approximate surface area is 67.6 Å². The SMILES string of the molecule is [F][Gd]([F])([F])[F].[NaH]. The molecule has 0 aliphatic carbocycles. The molecule has 38 valence electrons. The van der Waals surface area contributed by atoms with Crippen molar-refractivity contribution < 1.29 is 39.5 Å². The van der Waals surface area contributed by atoms with Crippen molar-refractivity contribution in [2.75, 3.05) is 0 Å². The number of halogens is 4. The van der Waals surface area contributed by atoms with Crippen molar-refractivity contribution >= 4 is 29.6 Å². The first kappa shape index (κ1) is 10.9. The van der Waals surface area contributed by atoms with Gasteiger partial charge in [-0.1, -0.05) is 0 Å². The Balaban J connectivity index is 0. The van der Waals surface area contributed by atoms with Gasteiger partial charge in [-0.05, 0) is 0 Å². The molecule has 0 N–H and O–H groups in total. The molecule has 0 atom stereocenters. The van der Waals surface area contributed by atoms with E-state index in [-0.39, 0.29) is 29.6 Å². The summed E-state index contributed by atoms with van der Waals surface area (Å²) in [6.45, 7) is 0. The first-order chi connectivity index (χ1) is 2.00. The van der Waals surface area contributed by atoms with E-state index in [9.17, 15) is 4.46 Å². The van der Waals surface area contributed by atoms with Crippen molar-refractivity contribution in [3.8, 4) is 0 Å². The van der Waals surface area contributed by atoms with Crippen molar-refractivity contribution in [3.63, 3.8) is 0 Å². The Morgan fingerprint density at radius 2 is 0.833 bits per heavy atom. The molecule has 0 aromatic rings. The van der Waals surface area contributed by atoms with Crippen LogP contribution in [-0.4, -0.2) is 29.6 Å². The maximum atomic E-state index is 9.88. The summed E-state index contributed by atoms with van der Waals surface area (Å²) in [5.41, 5.74) is 0. The zero-order chi connectivity index (χ0) is 4.50. The predicted octanol–water partition coefficient (Wildman–Crippen LogP) is 1.03. The second-order valence-corrected chi connectivity index (χ2v) is 2.25. The van der Waals surface area contributed by atoms with Gasteiger partial charge in [-0.15, -0.1) is 0 Å². The average molecular weight is 257 g/mol. The van der Waals surface area contributed by atoms with Crippen LogP contribution in [0.25, 0.3) is 0 Å². The Morgan fingerprint density at radius 3 is 0.833 bits per heavy atom. The number of hydrogen-bond acceptors (Lipinski definition) is 0. The summed E-state index contributed by atoms with van der Waals surface area (Å²) in [5.74, 6) is 0. The van der Waals surface area contributed by atoms with Crippen LogP contribution in [0.3, 0.4) is 0 Å². The van der Waals surface area contributed by atoms with Crippen LogP contribution in [0.5, 0.6) is 0 Å². The van der Waals surface area contributed by atoms with Crippen LogP contribution in [-0.2, 0) is 0 Å². The Kier molecular flexibility index (Phi) is 7.24. The second-order valence-electron chi connectivity index (χ2n) is 0.303. The molecule has 0 amide bonds. The molecule has 0 nitrogen and oxygen atoms in total. The molecule has 0 aromatic heterocycles. The molecule has 0 bridgehead atoms. The van der Waals surface area contributed by atoms with Crippen LogP contribution in [0.1, 0.15) is 0 Å². The van der Waals surface area contributed by atoms with Crippen molar-refractivity contribution in [1.82, 2.24) is 0 Å². The first-order valence-corrected chi connectivity index (χ1v) is 3.96. The molecule has 0 aromatic carbocycles. The van der Waals surface area contributed by atoms with Gasteiger partial charge in [0.05, 0.1) is 0 Å². The fourth-order valence-electron chi connectivity index (χ4n) is 0. The molecular formula is HF4GdNa. The fraction of sp³-hybridized carbons (Fsp3) is 0. The molecular weight excluding hydrogens is 256 g/mol. The summed E-state index contributed by atoms with van der Waals surface area (Å²) in [5, 5.41) is 0. The van der Waals surface area contributed by atoms with E-state index in [4.69, 9.17) is 0 Å². The van der Waals surface area contributed by atoms with E-state index in [1.54, 1.807) is 0 Å². The van der Waals surface area contributed by atoms with Gasteiger partial charge in [0.25, 0.3) is 0 Å². The number of rotatable bonds is 0. The van der Waals surface area contributed by atoms with Gasteiger partial charge in [-0.2, -0.15) is 0 Å². The minimum atomic E-state index is -7.06. The molecule has 6 heteroatoms. The molecule has 0 spiro atoms. The van der Waals surface area contributed by atoms with Crippen LogP contribution in [0.4, 0.5) is 4.46 Å². The summed E-state index contributed by atoms with van der Waals surface area (Å²) in [6.07, 6.45) is 0. The van der Waals surface area contributed by atoms with E-state index in [1.807, 2.05) is 0 Å². The normalized spacial score (nSPS) is 12.7. The summed E-state index contributed by atoms with van der Waals surface area (Å²) >= 11 is -7.06. The Hall–Kier alpha value is 2.04. The van der Waals surface area contributed by atoms with Crippen LogP contribution in [0, 0.1) is 35.0 Å². The zero-order valence-corrected chi connectivity index (χ0v) is 4.13. The molecule has 0 saturated heterocycles. The Bertz CT molecular complexity index is 23.0. The van der Waals surface area contributed by atoms with E-state index >= 15 is 0 Å². The summed E-state index contributed by atoms with van der Waals surface area (Å²) < 4.78 is 39.5. The summed E-state index contributed by atoms with van der Waals surface area (Å²) in [4.78, 5) is 0. The summed E-state index contributed by atoms with van der Waals surface area (Å²) in [7, 11) is 0. The van der Waals surface area contributed by atoms with Gasteiger partial charge in [0, 0.05) is 0 Å². The molecule has 0 rings (SSSR count). The third-order valence-electron chi connectivity index (χ3n) is 0. The molecule has 0 heterocycles. The van der Waals surface area contributed by atoms with Crippen molar-refractivity contribution in [2.45, 2.75) is 0 Å². The molecule has 0 fully saturated rings. The van der Waals surface area contributed by atoms with Crippen molar-refractivity contribution in [1.29, 1.82) is 0 Å². The number of hydrogen-bond donors (Lipinski definition) is 0. The van der Waals surface area contributed by atoms with Crippen molar-refractivity contribution in [3.05, 3.63) is 0 Å². The van der Waals surface area contributed by atoms with Crippen molar-refractivity contribution in [2.24, 2.45) is 0 Å². The van der Waals surface area contributed by atoms with E-state index in [0.717, 1.165) is 0 Å². The molecule has 0 aliphatic heterocycles. The molecule has 0 unspecified atom stereocenters. The average Bonchev–Trinajstić information content (AvgIpc) is 0.722. The van der Waals surface area contributed by atoms with Gasteiger partial charge in [-0.25, -0.2) is 0 Å². The van der Waals surface area contributed by atoms with E-state index in [0.29, 0.717) is 0 Å². The van der Waals surface area contributed by atoms with Gasteiger partial charge >= 0.3 is 69.1 Å². The summed E-state index contributed by atoms with van der Waals surface area (Å²) in [6, 6.07) is 0. The van der Waals surface area contributed by atoms with Crippen LogP contribution in [0.15, 0.2) is 0 Å². The molecule has 0 aliphatic rings. The third kappa shape index (κ3) is 36.8. The van der Waals surface area contributed by atoms with Gasteiger partial charge in [0.2, 0.25) is 0 Å². The van der Waals surface area contributed by atoms with Crippen LogP contribution >= 0.6 is 0 Å². The van der Waals surface area contributed by atoms with E-state index < -0.39 is 35.0 Å². The third-order valence-corrected chi connectivity index (χ3v) is 0. The van der Waals surface area contributed by atoms with E-state index in [2.05, 4.69) is 0 Å². The predicted molar refractivity (Wildman–Crippen MR) is 11.6 cm³/mol. The van der Waals surface area contributed by atoms with Crippen LogP contribution < -0.4 is 0 Å². The molecule has 0 radical (unpaired) electrons. The topological polar surface area (TPSA) is 0 Å². The standard InChI is InChI=1S/4FH.Gd.Na.H/h4*1H;;;/q;;;;+4;;/p-4. The van der Waals surface area contributed by atoms with Gasteiger partial charge in [0.15, 0.2) is 0 Å². The van der Waals surface area contributed by atoms with Gasteiger partial charge in [-0.3, -0.25) is 0 Å². The van der Waals surface area contributed by atoms with Gasteiger partial charge < -0.3 is 0 Å². The van der Waals surface area contributed by atoms with E-state index in [1.165, 1.54) is 0 Å². The fourth-order valence-corrected chi connectivity index (χ4v) is 0. The second kappa shape index (κ2) is 3.98. The zero-order valence-electron chi connectivity index (χ0n) is 1.87. The van der Waals surface area contributed by atoms with Gasteiger partial charge in [0.1, 0.15) is 0 Å².